The monoisotopic (exact) mass is 353 g/mol. The smallest absolute Gasteiger partial charge is 0.338 e. The normalized spacial score (nSPS) is 10.7. The number of nitrogens with zero attached hydrogens (tertiary/aromatic N) is 1. The molecule has 136 valence electrons. The lowest BCUT2D eigenvalue weighted by Gasteiger charge is -2.03. The lowest BCUT2D eigenvalue weighted by molar-refractivity contribution is -0.138. The first-order valence-electron chi connectivity index (χ1n) is 8.07. The number of rotatable bonds is 8. The molecule has 0 aliphatic carbocycles. The molecule has 1 aromatic carbocycles. The minimum atomic E-state index is -1.12. The number of hydrogen-bond donors (Lipinski definition) is 1. The molecule has 0 atom stereocenters. The highest BCUT2D eigenvalue weighted by atomic mass is 16.5. The Balaban J connectivity index is 0.000000642. The number of esters is 1. The van der Waals surface area contributed by atoms with Crippen molar-refractivity contribution in [3.05, 3.63) is 78.4 Å². The number of carbonyl (C=O) groups excluding carboxylic acids is 1. The molecule has 0 spiro atoms. The van der Waals surface area contributed by atoms with E-state index in [4.69, 9.17) is 15.1 Å². The lowest BCUT2D eigenvalue weighted by atomic mass is 10.2. The number of ether oxygens (including phenoxy) is 1. The Labute approximate surface area is 154 Å². The van der Waals surface area contributed by atoms with E-state index in [2.05, 4.69) is 6.58 Å². The van der Waals surface area contributed by atoms with Gasteiger partial charge >= 0.3 is 11.9 Å². The first-order valence-corrected chi connectivity index (χ1v) is 8.07. The van der Waals surface area contributed by atoms with Crippen molar-refractivity contribution >= 4 is 18.0 Å². The van der Waals surface area contributed by atoms with Crippen molar-refractivity contribution < 1.29 is 19.4 Å². The number of unbranched alkanes of at least 4 members (excludes halogenated alkanes) is 1. The van der Waals surface area contributed by atoms with E-state index in [0.717, 1.165) is 25.0 Å². The predicted octanol–water partition coefficient (Wildman–Crippen LogP) is 4.31. The van der Waals surface area contributed by atoms with Crippen molar-refractivity contribution in [3.63, 3.8) is 0 Å². The molecular weight excluding hydrogens is 330 g/mol. The second-order valence-corrected chi connectivity index (χ2v) is 4.89. The van der Waals surface area contributed by atoms with Crippen molar-refractivity contribution in [1.82, 2.24) is 0 Å². The molecule has 1 N–H and O–H groups in total. The van der Waals surface area contributed by atoms with Crippen molar-refractivity contribution in [2.24, 2.45) is 0 Å². The largest absolute Gasteiger partial charge is 0.478 e. The average molecular weight is 353 g/mol. The Morgan fingerprint density at radius 1 is 1.27 bits per heavy atom. The van der Waals surface area contributed by atoms with Gasteiger partial charge < -0.3 is 9.84 Å². The van der Waals surface area contributed by atoms with Gasteiger partial charge in [0.15, 0.2) is 0 Å². The molecule has 26 heavy (non-hydrogen) atoms. The zero-order chi connectivity index (χ0) is 19.6. The molecule has 0 aliphatic rings. The van der Waals surface area contributed by atoms with E-state index < -0.39 is 11.9 Å². The predicted molar refractivity (Wildman–Crippen MR) is 102 cm³/mol. The summed E-state index contributed by atoms with van der Waals surface area (Å²) in [6.45, 7) is 5.90. The maximum absolute atomic E-state index is 11.6. The summed E-state index contributed by atoms with van der Waals surface area (Å²) in [4.78, 5) is 21.8. The summed E-state index contributed by atoms with van der Waals surface area (Å²) in [5, 5.41) is 16.8. The molecule has 0 unspecified atom stereocenters. The van der Waals surface area contributed by atoms with Gasteiger partial charge in [-0.15, -0.1) is 0 Å². The van der Waals surface area contributed by atoms with Crippen molar-refractivity contribution in [2.75, 3.05) is 6.61 Å². The molecule has 0 amide bonds. The van der Waals surface area contributed by atoms with Crippen LogP contribution in [-0.4, -0.2) is 23.7 Å². The Bertz CT molecular complexity index is 694. The highest BCUT2D eigenvalue weighted by molar-refractivity contribution is 5.92. The van der Waals surface area contributed by atoms with Crippen LogP contribution >= 0.6 is 0 Å². The van der Waals surface area contributed by atoms with Crippen LogP contribution in [0, 0.1) is 11.3 Å². The molecule has 1 aromatic rings. The second-order valence-electron chi connectivity index (χ2n) is 4.89. The summed E-state index contributed by atoms with van der Waals surface area (Å²) in [5.41, 5.74) is 1.30. The maximum atomic E-state index is 11.6. The molecule has 0 aliphatic heterocycles. The minimum absolute atomic E-state index is 0.130. The van der Waals surface area contributed by atoms with Crippen LogP contribution in [0.25, 0.3) is 6.08 Å². The number of aliphatic carboxylic acids is 1. The topological polar surface area (TPSA) is 87.4 Å². The second kappa shape index (κ2) is 15.2. The third-order valence-corrected chi connectivity index (χ3v) is 2.85. The fourth-order valence-corrected chi connectivity index (χ4v) is 1.53. The van der Waals surface area contributed by atoms with Crippen molar-refractivity contribution in [2.45, 2.75) is 19.8 Å². The van der Waals surface area contributed by atoms with E-state index in [9.17, 15) is 9.59 Å². The van der Waals surface area contributed by atoms with Gasteiger partial charge in [0, 0.05) is 12.2 Å². The Morgan fingerprint density at radius 2 is 1.96 bits per heavy atom. The van der Waals surface area contributed by atoms with Crippen LogP contribution in [0.5, 0.6) is 0 Å². The van der Waals surface area contributed by atoms with Crippen LogP contribution in [0.2, 0.25) is 0 Å². The van der Waals surface area contributed by atoms with Gasteiger partial charge in [-0.3, -0.25) is 0 Å². The summed E-state index contributed by atoms with van der Waals surface area (Å²) >= 11 is 0. The molecule has 5 heteroatoms. The first kappa shape index (κ1) is 22.6. The van der Waals surface area contributed by atoms with Crippen LogP contribution in [0.3, 0.4) is 0 Å². The first-order chi connectivity index (χ1) is 12.5. The zero-order valence-electron chi connectivity index (χ0n) is 14.8. The number of carbonyl (C=O) groups is 2. The Hall–Kier alpha value is -3.39. The SMILES string of the molecule is C=Cc1ccccc1.CCCCOC(=O)C(C=CC#N)=CC=CC(=O)O. The van der Waals surface area contributed by atoms with E-state index in [1.807, 2.05) is 43.3 Å². The molecular formula is C21H23NO4. The molecule has 5 nitrogen and oxygen atoms in total. The number of carboxylic acid groups (broad SMARTS) is 1. The number of carboxylic acids is 1. The number of nitriles is 1. The third kappa shape index (κ3) is 12.1. The number of benzene rings is 1. The molecule has 0 saturated heterocycles. The van der Waals surface area contributed by atoms with Gasteiger partial charge in [0.25, 0.3) is 0 Å². The standard InChI is InChI=1S/C13H15NO4.C8H8/c1-2-3-10-18-13(17)11(7-5-9-14)6-4-8-12(15)16;1-2-8-6-4-3-5-7-8/h4-8H,2-3,10H2,1H3,(H,15,16);2-7H,1H2. The zero-order valence-corrected chi connectivity index (χ0v) is 14.8. The van der Waals surface area contributed by atoms with E-state index >= 15 is 0 Å². The summed E-state index contributed by atoms with van der Waals surface area (Å²) in [6.07, 6.45) is 9.28. The van der Waals surface area contributed by atoms with Crippen molar-refractivity contribution in [3.8, 4) is 6.07 Å². The van der Waals surface area contributed by atoms with Gasteiger partial charge in [0.1, 0.15) is 0 Å². The van der Waals surface area contributed by atoms with Crippen molar-refractivity contribution in [1.29, 1.82) is 5.26 Å². The van der Waals surface area contributed by atoms with Crippen LogP contribution in [0.15, 0.2) is 72.9 Å². The molecule has 0 radical (unpaired) electrons. The number of allylic oxidation sites excluding steroid dienone is 3. The molecule has 0 saturated carbocycles. The van der Waals surface area contributed by atoms with E-state index in [1.54, 1.807) is 6.07 Å². The minimum Gasteiger partial charge on any atom is -0.478 e. The molecule has 0 aromatic heterocycles. The number of hydrogen-bond acceptors (Lipinski definition) is 4. The van der Waals surface area contributed by atoms with Crippen LogP contribution in [0.1, 0.15) is 25.3 Å². The Morgan fingerprint density at radius 3 is 2.46 bits per heavy atom. The molecule has 0 bridgehead atoms. The molecule has 0 fully saturated rings. The van der Waals surface area contributed by atoms with Crippen LogP contribution in [0.4, 0.5) is 0 Å². The highest BCUT2D eigenvalue weighted by Gasteiger charge is 2.06. The van der Waals surface area contributed by atoms with E-state index in [-0.39, 0.29) is 5.57 Å². The van der Waals surface area contributed by atoms with Gasteiger partial charge in [-0.2, -0.15) is 5.26 Å². The highest BCUT2D eigenvalue weighted by Crippen LogP contribution is 2.03. The summed E-state index contributed by atoms with van der Waals surface area (Å²) in [5.74, 6) is -1.70. The molecule has 1 rings (SSSR count). The quantitative estimate of drug-likeness (QED) is 0.247. The van der Waals surface area contributed by atoms with E-state index in [0.29, 0.717) is 6.61 Å². The molecule has 0 heterocycles. The third-order valence-electron chi connectivity index (χ3n) is 2.85. The van der Waals surface area contributed by atoms with Crippen LogP contribution in [-0.2, 0) is 14.3 Å². The average Bonchev–Trinajstić information content (AvgIpc) is 2.65. The maximum Gasteiger partial charge on any atom is 0.338 e. The van der Waals surface area contributed by atoms with Gasteiger partial charge in [-0.05, 0) is 24.1 Å². The lowest BCUT2D eigenvalue weighted by Crippen LogP contribution is -2.07. The summed E-state index contributed by atoms with van der Waals surface area (Å²) in [7, 11) is 0. The fourth-order valence-electron chi connectivity index (χ4n) is 1.53. The van der Waals surface area contributed by atoms with Gasteiger partial charge in [0.2, 0.25) is 0 Å². The fraction of sp³-hybridized carbons (Fsp3) is 0.190. The van der Waals surface area contributed by atoms with E-state index in [1.165, 1.54) is 23.8 Å². The van der Waals surface area contributed by atoms with Gasteiger partial charge in [0.05, 0.1) is 18.2 Å². The van der Waals surface area contributed by atoms with Crippen LogP contribution < -0.4 is 0 Å². The van der Waals surface area contributed by atoms with Gasteiger partial charge in [-0.1, -0.05) is 62.4 Å². The van der Waals surface area contributed by atoms with Gasteiger partial charge in [-0.25, -0.2) is 9.59 Å². The summed E-state index contributed by atoms with van der Waals surface area (Å²) in [6, 6.07) is 11.8. The summed E-state index contributed by atoms with van der Waals surface area (Å²) < 4.78 is 4.95. The Kier molecular flexibility index (Phi) is 13.2.